The van der Waals surface area contributed by atoms with Gasteiger partial charge in [0, 0.05) is 38.3 Å². The van der Waals surface area contributed by atoms with Gasteiger partial charge in [-0.1, -0.05) is 0 Å². The number of methoxy groups -OCH3 is 1. The lowest BCUT2D eigenvalue weighted by Crippen LogP contribution is -2.47. The Kier molecular flexibility index (Phi) is 5.31. The fourth-order valence-corrected chi connectivity index (χ4v) is 4.23. The van der Waals surface area contributed by atoms with Crippen LogP contribution in [0.2, 0.25) is 0 Å². The summed E-state index contributed by atoms with van der Waals surface area (Å²) in [6, 6.07) is 0. The maximum Gasteiger partial charge on any atom is 0.127 e. The maximum absolute atomic E-state index is 6.63. The summed E-state index contributed by atoms with van der Waals surface area (Å²) in [4.78, 5) is 5.00. The molecule has 2 heterocycles. The summed E-state index contributed by atoms with van der Waals surface area (Å²) >= 11 is 0. The summed E-state index contributed by atoms with van der Waals surface area (Å²) in [6.07, 6.45) is 3.26. The third-order valence-electron chi connectivity index (χ3n) is 6.32. The zero-order chi connectivity index (χ0) is 18.2. The van der Waals surface area contributed by atoms with Gasteiger partial charge in [-0.15, -0.1) is 0 Å². The lowest BCUT2D eigenvalue weighted by Gasteiger charge is -2.40. The predicted molar refractivity (Wildman–Crippen MR) is 103 cm³/mol. The number of nitrogens with zero attached hydrogens (tertiary/aromatic N) is 2. The topological polar surface area (TPSA) is 24.9 Å². The molecule has 1 aromatic carbocycles. The molecule has 0 saturated carbocycles. The van der Waals surface area contributed by atoms with E-state index in [0.717, 1.165) is 37.3 Å². The minimum absolute atomic E-state index is 0.0609. The van der Waals surface area contributed by atoms with E-state index in [0.29, 0.717) is 0 Å². The molecule has 140 valence electrons. The number of likely N-dealkylation sites (N-methyl/N-ethyl adjacent to an activating group) is 1. The van der Waals surface area contributed by atoms with Gasteiger partial charge < -0.3 is 19.3 Å². The van der Waals surface area contributed by atoms with Crippen LogP contribution in [0.4, 0.5) is 0 Å². The van der Waals surface area contributed by atoms with Crippen molar-refractivity contribution in [1.29, 1.82) is 0 Å². The lowest BCUT2D eigenvalue weighted by molar-refractivity contribution is 0.0374. The highest BCUT2D eigenvalue weighted by atomic mass is 16.5. The number of fused-ring (bicyclic) bond motifs is 1. The van der Waals surface area contributed by atoms with E-state index in [1.165, 1.54) is 48.4 Å². The molecule has 4 heteroatoms. The van der Waals surface area contributed by atoms with Crippen LogP contribution in [-0.4, -0.2) is 62.3 Å². The Bertz CT molecular complexity index is 636. The van der Waals surface area contributed by atoms with E-state index >= 15 is 0 Å². The maximum atomic E-state index is 6.63. The van der Waals surface area contributed by atoms with Crippen LogP contribution < -0.4 is 9.47 Å². The molecule has 3 rings (SSSR count). The standard InChI is InChI=1S/C21H34N2O2/c1-15-16(2)20-18(17(3)19(15)24-6)7-8-21(4,25-20)9-10-23-13-11-22(5)12-14-23/h7-14H2,1-6H3. The first-order valence-electron chi connectivity index (χ1n) is 9.61. The monoisotopic (exact) mass is 346 g/mol. The van der Waals surface area contributed by atoms with Gasteiger partial charge in [-0.2, -0.15) is 0 Å². The first-order chi connectivity index (χ1) is 11.8. The van der Waals surface area contributed by atoms with Crippen LogP contribution in [0.1, 0.15) is 42.0 Å². The number of hydrogen-bond acceptors (Lipinski definition) is 4. The molecular formula is C21H34N2O2. The molecule has 0 N–H and O–H groups in total. The van der Waals surface area contributed by atoms with Gasteiger partial charge in [-0.25, -0.2) is 0 Å². The van der Waals surface area contributed by atoms with Gasteiger partial charge in [0.25, 0.3) is 0 Å². The summed E-state index contributed by atoms with van der Waals surface area (Å²) in [7, 11) is 3.98. The van der Waals surface area contributed by atoms with Crippen molar-refractivity contribution in [3.63, 3.8) is 0 Å². The Morgan fingerprint density at radius 2 is 1.72 bits per heavy atom. The van der Waals surface area contributed by atoms with Crippen molar-refractivity contribution < 1.29 is 9.47 Å². The third-order valence-corrected chi connectivity index (χ3v) is 6.32. The van der Waals surface area contributed by atoms with Gasteiger partial charge in [-0.05, 0) is 70.7 Å². The van der Waals surface area contributed by atoms with Gasteiger partial charge in [0.1, 0.15) is 17.1 Å². The van der Waals surface area contributed by atoms with Crippen LogP contribution >= 0.6 is 0 Å². The molecule has 1 saturated heterocycles. The molecule has 0 bridgehead atoms. The van der Waals surface area contributed by atoms with Gasteiger partial charge in [0.15, 0.2) is 0 Å². The van der Waals surface area contributed by atoms with E-state index in [1.54, 1.807) is 7.11 Å². The zero-order valence-corrected chi connectivity index (χ0v) is 16.9. The third kappa shape index (κ3) is 3.65. The molecule has 0 aromatic heterocycles. The number of ether oxygens (including phenoxy) is 2. The Morgan fingerprint density at radius 1 is 1.04 bits per heavy atom. The van der Waals surface area contributed by atoms with E-state index in [9.17, 15) is 0 Å². The van der Waals surface area contributed by atoms with Crippen molar-refractivity contribution in [2.75, 3.05) is 46.9 Å². The van der Waals surface area contributed by atoms with Crippen LogP contribution in [0.25, 0.3) is 0 Å². The van der Waals surface area contributed by atoms with Crippen molar-refractivity contribution in [3.8, 4) is 11.5 Å². The Balaban J connectivity index is 1.73. The number of benzene rings is 1. The molecule has 1 atom stereocenters. The van der Waals surface area contributed by atoms with Gasteiger partial charge in [-0.3, -0.25) is 0 Å². The van der Waals surface area contributed by atoms with Crippen molar-refractivity contribution in [1.82, 2.24) is 9.80 Å². The zero-order valence-electron chi connectivity index (χ0n) is 16.9. The number of rotatable bonds is 4. The second-order valence-electron chi connectivity index (χ2n) is 8.16. The van der Waals surface area contributed by atoms with Gasteiger partial charge in [0.2, 0.25) is 0 Å². The van der Waals surface area contributed by atoms with Crippen LogP contribution in [-0.2, 0) is 6.42 Å². The average molecular weight is 347 g/mol. The number of piperazine rings is 1. The van der Waals surface area contributed by atoms with Crippen molar-refractivity contribution in [2.45, 2.75) is 52.6 Å². The predicted octanol–water partition coefficient (Wildman–Crippen LogP) is 3.34. The van der Waals surface area contributed by atoms with Crippen molar-refractivity contribution >= 4 is 0 Å². The van der Waals surface area contributed by atoms with Gasteiger partial charge >= 0.3 is 0 Å². The normalized spacial score (nSPS) is 24.7. The molecule has 1 fully saturated rings. The second-order valence-corrected chi connectivity index (χ2v) is 8.16. The highest BCUT2D eigenvalue weighted by molar-refractivity contribution is 5.58. The van der Waals surface area contributed by atoms with Crippen molar-refractivity contribution in [3.05, 3.63) is 22.3 Å². The molecule has 1 unspecified atom stereocenters. The molecule has 0 spiro atoms. The summed E-state index contributed by atoms with van der Waals surface area (Å²) in [5.74, 6) is 2.14. The first-order valence-corrected chi connectivity index (χ1v) is 9.61. The molecule has 25 heavy (non-hydrogen) atoms. The van der Waals surface area contributed by atoms with E-state index in [1.807, 2.05) is 0 Å². The molecule has 2 aliphatic heterocycles. The fraction of sp³-hybridized carbons (Fsp3) is 0.714. The molecule has 0 aliphatic carbocycles. The molecule has 1 aromatic rings. The minimum Gasteiger partial charge on any atom is -0.496 e. The largest absolute Gasteiger partial charge is 0.496 e. The van der Waals surface area contributed by atoms with E-state index in [-0.39, 0.29) is 5.60 Å². The summed E-state index contributed by atoms with van der Waals surface area (Å²) in [5.41, 5.74) is 4.98. The Hall–Kier alpha value is -1.26. The van der Waals surface area contributed by atoms with Crippen LogP contribution in [0.15, 0.2) is 0 Å². The second kappa shape index (κ2) is 7.16. The SMILES string of the molecule is COc1c(C)c(C)c2c(c1C)CCC(C)(CCN1CCN(C)CC1)O2. The van der Waals surface area contributed by atoms with E-state index in [2.05, 4.69) is 44.5 Å². The minimum atomic E-state index is -0.0609. The molecule has 2 aliphatic rings. The summed E-state index contributed by atoms with van der Waals surface area (Å²) in [6.45, 7) is 14.6. The van der Waals surface area contributed by atoms with Crippen LogP contribution in [0.5, 0.6) is 11.5 Å². The quantitative estimate of drug-likeness (QED) is 0.835. The molecule has 0 radical (unpaired) electrons. The smallest absolute Gasteiger partial charge is 0.127 e. The van der Waals surface area contributed by atoms with Gasteiger partial charge in [0.05, 0.1) is 7.11 Å². The van der Waals surface area contributed by atoms with Crippen LogP contribution in [0, 0.1) is 20.8 Å². The highest BCUT2D eigenvalue weighted by Crippen LogP contribution is 2.44. The molecule has 4 nitrogen and oxygen atoms in total. The molecule has 0 amide bonds. The van der Waals surface area contributed by atoms with E-state index in [4.69, 9.17) is 9.47 Å². The molecular weight excluding hydrogens is 312 g/mol. The Labute approximate surface area is 153 Å². The fourth-order valence-electron chi connectivity index (χ4n) is 4.23. The number of hydrogen-bond donors (Lipinski definition) is 0. The van der Waals surface area contributed by atoms with E-state index < -0.39 is 0 Å². The van der Waals surface area contributed by atoms with Crippen molar-refractivity contribution in [2.24, 2.45) is 0 Å². The summed E-state index contributed by atoms with van der Waals surface area (Å²) in [5, 5.41) is 0. The Morgan fingerprint density at radius 3 is 2.36 bits per heavy atom. The highest BCUT2D eigenvalue weighted by Gasteiger charge is 2.35. The average Bonchev–Trinajstić information content (AvgIpc) is 2.60. The van der Waals surface area contributed by atoms with Crippen LogP contribution in [0.3, 0.4) is 0 Å². The summed E-state index contributed by atoms with van der Waals surface area (Å²) < 4.78 is 12.3. The first kappa shape index (κ1) is 18.5. The lowest BCUT2D eigenvalue weighted by atomic mass is 9.85.